The standard InChI is InChI=1S/C21H23NO6/c1-12(23)4-5-13-6-11-16-17(18(13)24)21(26,19(28-3)20(25)22-16)14-7-9-15(27-2)10-8-14/h4-5,7-10,19,24,26H,6,11H2,1-3H3,(H,22,25)/b5-4+/t19-,21?/m0/s1. The smallest absolute Gasteiger partial charge is 0.257 e. The summed E-state index contributed by atoms with van der Waals surface area (Å²) in [4.78, 5) is 23.9. The van der Waals surface area contributed by atoms with Crippen LogP contribution in [0.1, 0.15) is 25.3 Å². The summed E-state index contributed by atoms with van der Waals surface area (Å²) in [7, 11) is 2.85. The molecular weight excluding hydrogens is 362 g/mol. The van der Waals surface area contributed by atoms with Crippen LogP contribution in [0.3, 0.4) is 0 Å². The fraction of sp³-hybridized carbons (Fsp3) is 0.333. The summed E-state index contributed by atoms with van der Waals surface area (Å²) in [6.45, 7) is 1.41. The van der Waals surface area contributed by atoms with Crippen LogP contribution in [0.25, 0.3) is 0 Å². The number of carbonyl (C=O) groups is 2. The largest absolute Gasteiger partial charge is 0.507 e. The summed E-state index contributed by atoms with van der Waals surface area (Å²) in [6.07, 6.45) is 2.45. The summed E-state index contributed by atoms with van der Waals surface area (Å²) in [6, 6.07) is 6.57. The van der Waals surface area contributed by atoms with Gasteiger partial charge in [-0.3, -0.25) is 9.59 Å². The van der Waals surface area contributed by atoms with Crippen LogP contribution in [0.2, 0.25) is 0 Å². The van der Waals surface area contributed by atoms with E-state index in [1.807, 2.05) is 0 Å². The lowest BCUT2D eigenvalue weighted by atomic mass is 9.73. The molecule has 28 heavy (non-hydrogen) atoms. The summed E-state index contributed by atoms with van der Waals surface area (Å²) in [5.74, 6) is -0.226. The van der Waals surface area contributed by atoms with Crippen molar-refractivity contribution in [2.45, 2.75) is 31.5 Å². The third-order valence-electron chi connectivity index (χ3n) is 5.04. The average molecular weight is 385 g/mol. The van der Waals surface area contributed by atoms with E-state index < -0.39 is 17.6 Å². The number of nitrogens with one attached hydrogen (secondary N) is 1. The fourth-order valence-corrected chi connectivity index (χ4v) is 3.68. The Kier molecular flexibility index (Phi) is 5.40. The zero-order valence-corrected chi connectivity index (χ0v) is 16.0. The van der Waals surface area contributed by atoms with Gasteiger partial charge in [0.2, 0.25) is 0 Å². The molecule has 0 saturated carbocycles. The van der Waals surface area contributed by atoms with Gasteiger partial charge in [0.25, 0.3) is 5.91 Å². The first-order valence-electron chi connectivity index (χ1n) is 8.88. The van der Waals surface area contributed by atoms with Crippen LogP contribution < -0.4 is 10.1 Å². The molecule has 0 aromatic heterocycles. The number of rotatable bonds is 5. The third-order valence-corrected chi connectivity index (χ3v) is 5.04. The number of amides is 1. The Bertz CT molecular complexity index is 896. The predicted molar refractivity (Wildman–Crippen MR) is 102 cm³/mol. The van der Waals surface area contributed by atoms with Crippen LogP contribution in [0.5, 0.6) is 5.75 Å². The quantitative estimate of drug-likeness (QED) is 0.670. The Morgan fingerprint density at radius 2 is 1.93 bits per heavy atom. The third kappa shape index (κ3) is 3.23. The number of hydrogen-bond acceptors (Lipinski definition) is 6. The lowest BCUT2D eigenvalue weighted by Gasteiger charge is -2.43. The molecule has 1 heterocycles. The Morgan fingerprint density at radius 1 is 1.25 bits per heavy atom. The van der Waals surface area contributed by atoms with Gasteiger partial charge in [0.05, 0.1) is 12.7 Å². The Morgan fingerprint density at radius 3 is 2.50 bits per heavy atom. The van der Waals surface area contributed by atoms with Gasteiger partial charge < -0.3 is 25.0 Å². The highest BCUT2D eigenvalue weighted by Crippen LogP contribution is 2.46. The summed E-state index contributed by atoms with van der Waals surface area (Å²) < 4.78 is 10.5. The lowest BCUT2D eigenvalue weighted by molar-refractivity contribution is -0.149. The summed E-state index contributed by atoms with van der Waals surface area (Å²) in [5, 5.41) is 25.4. The van der Waals surface area contributed by atoms with Gasteiger partial charge in [-0.05, 0) is 49.1 Å². The van der Waals surface area contributed by atoms with Crippen LogP contribution in [-0.2, 0) is 19.9 Å². The number of aliphatic hydroxyl groups excluding tert-OH is 1. The van der Waals surface area contributed by atoms with Crippen molar-refractivity contribution in [3.05, 3.63) is 64.6 Å². The number of ketones is 1. The summed E-state index contributed by atoms with van der Waals surface area (Å²) >= 11 is 0. The molecule has 3 N–H and O–H groups in total. The monoisotopic (exact) mass is 385 g/mol. The maximum absolute atomic E-state index is 12.6. The highest BCUT2D eigenvalue weighted by Gasteiger charge is 2.53. The van der Waals surface area contributed by atoms with E-state index in [1.165, 1.54) is 33.3 Å². The molecule has 148 valence electrons. The number of carbonyl (C=O) groups excluding carboxylic acids is 2. The first-order chi connectivity index (χ1) is 13.3. The number of methoxy groups -OCH3 is 2. The molecule has 1 amide bonds. The molecule has 7 nitrogen and oxygen atoms in total. The van der Waals surface area contributed by atoms with Crippen LogP contribution >= 0.6 is 0 Å². The molecule has 7 heteroatoms. The Hall–Kier alpha value is -2.90. The summed E-state index contributed by atoms with van der Waals surface area (Å²) in [5.41, 5.74) is -0.399. The first-order valence-corrected chi connectivity index (χ1v) is 8.88. The highest BCUT2D eigenvalue weighted by molar-refractivity contribution is 5.89. The van der Waals surface area contributed by atoms with Crippen LogP contribution in [0.15, 0.2) is 59.0 Å². The second kappa shape index (κ2) is 7.61. The van der Waals surface area contributed by atoms with Crippen molar-refractivity contribution in [3.63, 3.8) is 0 Å². The van der Waals surface area contributed by atoms with E-state index in [0.717, 1.165) is 0 Å². The molecule has 1 unspecified atom stereocenters. The molecule has 0 radical (unpaired) electrons. The number of benzene rings is 1. The van der Waals surface area contributed by atoms with Crippen LogP contribution in [0.4, 0.5) is 0 Å². The molecule has 2 atom stereocenters. The van der Waals surface area contributed by atoms with E-state index in [-0.39, 0.29) is 17.1 Å². The minimum absolute atomic E-state index is 0.155. The molecule has 0 fully saturated rings. The molecule has 1 aliphatic carbocycles. The van der Waals surface area contributed by atoms with Crippen molar-refractivity contribution >= 4 is 11.7 Å². The minimum atomic E-state index is -1.90. The van der Waals surface area contributed by atoms with Gasteiger partial charge in [-0.1, -0.05) is 18.2 Å². The van der Waals surface area contributed by atoms with E-state index >= 15 is 0 Å². The maximum Gasteiger partial charge on any atom is 0.257 e. The highest BCUT2D eigenvalue weighted by atomic mass is 16.5. The van der Waals surface area contributed by atoms with Crippen LogP contribution in [0, 0.1) is 0 Å². The molecule has 2 aliphatic rings. The van der Waals surface area contributed by atoms with Crippen molar-refractivity contribution in [2.75, 3.05) is 14.2 Å². The van der Waals surface area contributed by atoms with Gasteiger partial charge in [-0.2, -0.15) is 0 Å². The van der Waals surface area contributed by atoms with Gasteiger partial charge in [0.15, 0.2) is 17.5 Å². The Labute approximate surface area is 163 Å². The van der Waals surface area contributed by atoms with Gasteiger partial charge >= 0.3 is 0 Å². The van der Waals surface area contributed by atoms with Gasteiger partial charge in [0.1, 0.15) is 11.5 Å². The van der Waals surface area contributed by atoms with E-state index in [4.69, 9.17) is 9.47 Å². The Balaban J connectivity index is 2.20. The fourth-order valence-electron chi connectivity index (χ4n) is 3.68. The van der Waals surface area contributed by atoms with E-state index in [2.05, 4.69) is 5.32 Å². The van der Waals surface area contributed by atoms with E-state index in [1.54, 1.807) is 24.3 Å². The van der Waals surface area contributed by atoms with Gasteiger partial charge in [-0.25, -0.2) is 0 Å². The number of allylic oxidation sites excluding steroid dienone is 4. The molecule has 0 bridgehead atoms. The molecule has 0 spiro atoms. The van der Waals surface area contributed by atoms with E-state index in [9.17, 15) is 19.8 Å². The van der Waals surface area contributed by atoms with Gasteiger partial charge in [0, 0.05) is 12.8 Å². The van der Waals surface area contributed by atoms with Crippen molar-refractivity contribution in [1.82, 2.24) is 5.32 Å². The minimum Gasteiger partial charge on any atom is -0.507 e. The van der Waals surface area contributed by atoms with Crippen molar-refractivity contribution in [2.24, 2.45) is 0 Å². The SMILES string of the molecule is COc1ccc(C2(O)C3=C(CCC(/C=C/C(C)=O)=C3O)NC(=O)[C@@H]2OC)cc1. The normalized spacial score (nSPS) is 25.0. The zero-order chi connectivity index (χ0) is 20.5. The zero-order valence-electron chi connectivity index (χ0n) is 16.0. The average Bonchev–Trinajstić information content (AvgIpc) is 2.67. The van der Waals surface area contributed by atoms with Crippen molar-refractivity contribution in [1.29, 1.82) is 0 Å². The topological polar surface area (TPSA) is 105 Å². The second-order valence-electron chi connectivity index (χ2n) is 6.77. The second-order valence-corrected chi connectivity index (χ2v) is 6.77. The lowest BCUT2D eigenvalue weighted by Crippen LogP contribution is -2.57. The van der Waals surface area contributed by atoms with Gasteiger partial charge in [-0.15, -0.1) is 0 Å². The predicted octanol–water partition coefficient (Wildman–Crippen LogP) is 2.03. The molecular formula is C21H23NO6. The van der Waals surface area contributed by atoms with Crippen LogP contribution in [-0.4, -0.2) is 42.2 Å². The molecule has 1 aromatic rings. The van der Waals surface area contributed by atoms with Crippen molar-refractivity contribution < 1.29 is 29.3 Å². The molecule has 3 rings (SSSR count). The molecule has 1 aliphatic heterocycles. The van der Waals surface area contributed by atoms with Crippen molar-refractivity contribution in [3.8, 4) is 5.75 Å². The number of aliphatic hydroxyl groups is 2. The number of ether oxygens (including phenoxy) is 2. The maximum atomic E-state index is 12.6. The van der Waals surface area contributed by atoms with E-state index in [0.29, 0.717) is 35.4 Å². The first kappa shape index (κ1) is 19.9. The molecule has 1 aromatic carbocycles. The number of hydrogen-bond donors (Lipinski definition) is 3. The molecule has 0 saturated heterocycles.